The number of aromatic nitrogens is 2. The van der Waals surface area contributed by atoms with Gasteiger partial charge in [0.05, 0.1) is 0 Å². The fourth-order valence-corrected chi connectivity index (χ4v) is 1.66. The van der Waals surface area contributed by atoms with Crippen LogP contribution in [0.2, 0.25) is 0 Å². The average molecular weight is 297 g/mol. The SMILES string of the molecule is Cn1nc(N)c(OC(F)F)c1-c1ccc(F)cc1.[Ar]. The predicted molar refractivity (Wildman–Crippen MR) is 59.6 cm³/mol. The normalized spacial score (nSPS) is 10.4. The second kappa shape index (κ2) is 6.49. The molecule has 2 N–H and O–H groups in total. The zero-order valence-electron chi connectivity index (χ0n) is 9.75. The zero-order valence-corrected chi connectivity index (χ0v) is 10.5. The van der Waals surface area contributed by atoms with Gasteiger partial charge in [0.25, 0.3) is 0 Å². The molecule has 0 atom stereocenters. The average Bonchev–Trinajstić information content (AvgIpc) is 2.55. The number of hydrogen-bond acceptors (Lipinski definition) is 3. The molecule has 0 aliphatic rings. The van der Waals surface area contributed by atoms with E-state index in [1.165, 1.54) is 36.0 Å². The largest absolute Gasteiger partial charge is 0.428 e. The molecule has 0 bridgehead atoms. The number of aryl methyl sites for hydroxylation is 1. The van der Waals surface area contributed by atoms with Crippen molar-refractivity contribution in [2.45, 2.75) is 6.61 Å². The van der Waals surface area contributed by atoms with Crippen molar-refractivity contribution < 1.29 is 55.6 Å². The molecule has 104 valence electrons. The van der Waals surface area contributed by atoms with Crippen LogP contribution >= 0.6 is 0 Å². The van der Waals surface area contributed by atoms with Gasteiger partial charge in [-0.1, -0.05) is 0 Å². The van der Waals surface area contributed by atoms with Crippen molar-refractivity contribution >= 4 is 5.82 Å². The van der Waals surface area contributed by atoms with E-state index in [0.717, 1.165) is 0 Å². The molecule has 4 nitrogen and oxygen atoms in total. The van der Waals surface area contributed by atoms with Gasteiger partial charge in [0.2, 0.25) is 0 Å². The smallest absolute Gasteiger partial charge is 0.387 e. The number of ether oxygens (including phenoxy) is 1. The summed E-state index contributed by atoms with van der Waals surface area (Å²) in [4.78, 5) is 0. The summed E-state index contributed by atoms with van der Waals surface area (Å²) < 4.78 is 43.1. The van der Waals surface area contributed by atoms with E-state index in [-0.39, 0.29) is 55.0 Å². The van der Waals surface area contributed by atoms with E-state index in [1.54, 1.807) is 0 Å². The fourth-order valence-electron chi connectivity index (χ4n) is 1.66. The van der Waals surface area contributed by atoms with Gasteiger partial charge in [-0.05, 0) is 24.3 Å². The zero-order chi connectivity index (χ0) is 13.3. The molecular weight excluding hydrogens is 287 g/mol. The summed E-state index contributed by atoms with van der Waals surface area (Å²) in [6.45, 7) is -3.00. The molecule has 0 saturated carbocycles. The molecule has 0 saturated heterocycles. The molecule has 0 unspecified atom stereocenters. The Kier molecular flexibility index (Phi) is 5.51. The van der Waals surface area contributed by atoms with Crippen LogP contribution in [0.3, 0.4) is 0 Å². The maximum absolute atomic E-state index is 12.8. The topological polar surface area (TPSA) is 53.1 Å². The van der Waals surface area contributed by atoms with Crippen molar-refractivity contribution in [3.8, 4) is 17.0 Å². The first-order chi connectivity index (χ1) is 8.49. The van der Waals surface area contributed by atoms with Crippen LogP contribution in [0, 0.1) is 43.6 Å². The molecule has 0 radical (unpaired) electrons. The van der Waals surface area contributed by atoms with Gasteiger partial charge in [-0.15, -0.1) is 0 Å². The Labute approximate surface area is 137 Å². The van der Waals surface area contributed by atoms with Crippen molar-refractivity contribution in [1.82, 2.24) is 9.78 Å². The van der Waals surface area contributed by atoms with E-state index in [2.05, 4.69) is 9.84 Å². The monoisotopic (exact) mass is 297 g/mol. The second-order valence-corrected chi connectivity index (χ2v) is 3.57. The Bertz CT molecular complexity index is 557. The minimum Gasteiger partial charge on any atom is -0.428 e. The molecule has 8 heteroatoms. The summed E-state index contributed by atoms with van der Waals surface area (Å²) in [5, 5.41) is 3.81. The molecule has 0 amide bonds. The van der Waals surface area contributed by atoms with Gasteiger partial charge >= 0.3 is 6.61 Å². The molecule has 2 rings (SSSR count). The number of halogens is 3. The van der Waals surface area contributed by atoms with E-state index < -0.39 is 12.4 Å². The van der Waals surface area contributed by atoms with E-state index in [0.29, 0.717) is 5.56 Å². The number of alkyl halides is 2. The first-order valence-corrected chi connectivity index (χ1v) is 5.02. The van der Waals surface area contributed by atoms with Crippen molar-refractivity contribution in [2.24, 2.45) is 7.05 Å². The molecule has 0 aliphatic heterocycles. The molecule has 0 aliphatic carbocycles. The van der Waals surface area contributed by atoms with Gasteiger partial charge in [0.1, 0.15) is 11.5 Å². The van der Waals surface area contributed by atoms with Crippen LogP contribution in [-0.4, -0.2) is 16.4 Å². The number of anilines is 1. The first-order valence-electron chi connectivity index (χ1n) is 5.02. The van der Waals surface area contributed by atoms with Crippen molar-refractivity contribution in [3.05, 3.63) is 30.1 Å². The number of hydrogen-bond donors (Lipinski definition) is 1. The number of nitrogen functional groups attached to an aromatic ring is 1. The Morgan fingerprint density at radius 3 is 2.37 bits per heavy atom. The Morgan fingerprint density at radius 1 is 1.26 bits per heavy atom. The van der Waals surface area contributed by atoms with Crippen molar-refractivity contribution in [3.63, 3.8) is 0 Å². The summed E-state index contributed by atoms with van der Waals surface area (Å²) in [6.07, 6.45) is 0. The van der Waals surface area contributed by atoms with Gasteiger partial charge < -0.3 is 10.5 Å². The number of rotatable bonds is 3. The van der Waals surface area contributed by atoms with Gasteiger partial charge in [-0.25, -0.2) is 4.39 Å². The van der Waals surface area contributed by atoms with Crippen LogP contribution < -0.4 is 10.5 Å². The van der Waals surface area contributed by atoms with Crippen LogP contribution in [-0.2, 0) is 7.05 Å². The van der Waals surface area contributed by atoms with Crippen molar-refractivity contribution in [1.29, 1.82) is 0 Å². The molecule has 1 heterocycles. The summed E-state index contributed by atoms with van der Waals surface area (Å²) in [6, 6.07) is 5.30. The Balaban J connectivity index is 0.00000180. The minimum absolute atomic E-state index is 0. The van der Waals surface area contributed by atoms with Crippen LogP contribution in [0.25, 0.3) is 11.3 Å². The molecule has 1 aromatic carbocycles. The summed E-state index contributed by atoms with van der Waals surface area (Å²) in [7, 11) is 1.54. The second-order valence-electron chi connectivity index (χ2n) is 3.57. The number of benzene rings is 1. The summed E-state index contributed by atoms with van der Waals surface area (Å²) in [5.74, 6) is -0.776. The fraction of sp³-hybridized carbons (Fsp3) is 0.182. The van der Waals surface area contributed by atoms with Gasteiger partial charge in [0.15, 0.2) is 11.6 Å². The quantitative estimate of drug-likeness (QED) is 0.946. The minimum atomic E-state index is -3.00. The summed E-state index contributed by atoms with van der Waals surface area (Å²) >= 11 is 0. The van der Waals surface area contributed by atoms with E-state index in [4.69, 9.17) is 5.73 Å². The number of nitrogens with zero attached hydrogens (tertiary/aromatic N) is 2. The maximum Gasteiger partial charge on any atom is 0.387 e. The maximum atomic E-state index is 12.8. The van der Waals surface area contributed by atoms with Gasteiger partial charge in [0, 0.05) is 50.3 Å². The molecule has 19 heavy (non-hydrogen) atoms. The van der Waals surface area contributed by atoms with Crippen LogP contribution in [0.5, 0.6) is 5.75 Å². The van der Waals surface area contributed by atoms with Gasteiger partial charge in [-0.2, -0.15) is 13.9 Å². The molecule has 0 spiro atoms. The van der Waals surface area contributed by atoms with E-state index >= 15 is 0 Å². The van der Waals surface area contributed by atoms with E-state index in [9.17, 15) is 13.2 Å². The molecule has 0 fully saturated rings. The first kappa shape index (κ1) is 16.1. The van der Waals surface area contributed by atoms with Crippen LogP contribution in [0.4, 0.5) is 19.0 Å². The number of nitrogens with two attached hydrogens (primary N) is 1. The summed E-state index contributed by atoms with van der Waals surface area (Å²) in [5.41, 5.74) is 6.25. The third-order valence-electron chi connectivity index (χ3n) is 2.35. The van der Waals surface area contributed by atoms with Crippen LogP contribution in [0.1, 0.15) is 0 Å². The molecular formula is C11H10ArF3N3O. The van der Waals surface area contributed by atoms with Crippen molar-refractivity contribution in [2.75, 3.05) is 5.73 Å². The third-order valence-corrected chi connectivity index (χ3v) is 2.35. The molecule has 2 aromatic rings. The Morgan fingerprint density at radius 2 is 1.84 bits per heavy atom. The third kappa shape index (κ3) is 3.55. The van der Waals surface area contributed by atoms with Gasteiger partial charge in [-0.3, -0.25) is 4.68 Å². The van der Waals surface area contributed by atoms with E-state index in [1.807, 2.05) is 0 Å². The molecule has 1 aromatic heterocycles. The standard InChI is InChI=1S/C11H10F3N3O.Ar/c1-17-8(6-2-4-7(12)5-3-6)9(10(15)16-17)18-11(13)14;/h2-5,11H,1H3,(H2,15,16);. The van der Waals surface area contributed by atoms with Crippen LogP contribution in [0.15, 0.2) is 24.3 Å². The predicted octanol–water partition coefficient (Wildman–Crippen LogP) is 2.41. The Hall–Kier alpha value is -0.920.